The van der Waals surface area contributed by atoms with Gasteiger partial charge >= 0.3 is 0 Å². The number of carbonyl (C=O) groups excluding carboxylic acids is 1. The van der Waals surface area contributed by atoms with Gasteiger partial charge in [0.15, 0.2) is 0 Å². The summed E-state index contributed by atoms with van der Waals surface area (Å²) in [5.41, 5.74) is 4.19. The van der Waals surface area contributed by atoms with Gasteiger partial charge in [0, 0.05) is 11.6 Å². The van der Waals surface area contributed by atoms with Crippen molar-refractivity contribution in [1.82, 2.24) is 5.43 Å². The van der Waals surface area contributed by atoms with Gasteiger partial charge in [-0.2, -0.15) is 5.10 Å². The molecule has 0 unspecified atom stereocenters. The number of ether oxygens (including phenoxy) is 3. The molecule has 6 heteroatoms. The number of carbonyl (C=O) groups is 1. The van der Waals surface area contributed by atoms with Crippen LogP contribution in [-0.4, -0.2) is 31.4 Å². The summed E-state index contributed by atoms with van der Waals surface area (Å²) in [6.07, 6.45) is 1.88. The Bertz CT molecular complexity index is 799. The zero-order chi connectivity index (χ0) is 20.5. The van der Waals surface area contributed by atoms with Gasteiger partial charge in [-0.25, -0.2) is 5.43 Å². The summed E-state index contributed by atoms with van der Waals surface area (Å²) in [5, 5.41) is 4.06. The summed E-state index contributed by atoms with van der Waals surface area (Å²) in [6.45, 7) is 7.84. The highest BCUT2D eigenvalue weighted by Crippen LogP contribution is 2.25. The van der Waals surface area contributed by atoms with Crippen LogP contribution in [0.2, 0.25) is 0 Å². The fourth-order valence-corrected chi connectivity index (χ4v) is 2.46. The van der Waals surface area contributed by atoms with Crippen LogP contribution in [0.4, 0.5) is 0 Å². The van der Waals surface area contributed by atoms with E-state index in [2.05, 4.69) is 10.5 Å². The van der Waals surface area contributed by atoms with Crippen LogP contribution in [0.25, 0.3) is 0 Å². The highest BCUT2D eigenvalue weighted by atomic mass is 16.5. The largest absolute Gasteiger partial charge is 0.497 e. The van der Waals surface area contributed by atoms with Crippen molar-refractivity contribution >= 4 is 12.1 Å². The lowest BCUT2D eigenvalue weighted by molar-refractivity contribution is -0.120. The smallest absolute Gasteiger partial charge is 0.244 e. The first kappa shape index (κ1) is 21.3. The van der Waals surface area contributed by atoms with Crippen molar-refractivity contribution in [3.8, 4) is 17.2 Å². The van der Waals surface area contributed by atoms with Gasteiger partial charge in [0.1, 0.15) is 17.2 Å². The van der Waals surface area contributed by atoms with E-state index in [0.717, 1.165) is 22.6 Å². The number of rotatable bonds is 9. The molecule has 0 bridgehead atoms. The fraction of sp³-hybridized carbons (Fsp3) is 0.364. The van der Waals surface area contributed by atoms with Gasteiger partial charge in [0.25, 0.3) is 0 Å². The third kappa shape index (κ3) is 6.95. The minimum atomic E-state index is -0.201. The minimum absolute atomic E-state index is 0.00566. The normalized spacial score (nSPS) is 11.1. The van der Waals surface area contributed by atoms with Crippen molar-refractivity contribution in [3.05, 3.63) is 53.6 Å². The van der Waals surface area contributed by atoms with E-state index in [1.165, 1.54) is 0 Å². The summed E-state index contributed by atoms with van der Waals surface area (Å²) >= 11 is 0. The molecule has 0 aliphatic carbocycles. The summed E-state index contributed by atoms with van der Waals surface area (Å²) in [5.74, 6) is 1.94. The lowest BCUT2D eigenvalue weighted by Crippen LogP contribution is -2.19. The van der Waals surface area contributed by atoms with Crippen LogP contribution in [0, 0.1) is 0 Å². The first-order valence-corrected chi connectivity index (χ1v) is 9.29. The third-order valence-electron chi connectivity index (χ3n) is 3.64. The van der Waals surface area contributed by atoms with E-state index in [9.17, 15) is 4.79 Å². The number of nitrogens with one attached hydrogen (secondary N) is 1. The maximum Gasteiger partial charge on any atom is 0.244 e. The van der Waals surface area contributed by atoms with Gasteiger partial charge in [-0.1, -0.05) is 12.1 Å². The van der Waals surface area contributed by atoms with Crippen molar-refractivity contribution in [3.63, 3.8) is 0 Å². The molecule has 0 aliphatic heterocycles. The van der Waals surface area contributed by atoms with Crippen LogP contribution in [0.3, 0.4) is 0 Å². The maximum atomic E-state index is 12.1. The quantitative estimate of drug-likeness (QED) is 0.525. The van der Waals surface area contributed by atoms with E-state index in [4.69, 9.17) is 14.2 Å². The van der Waals surface area contributed by atoms with Crippen molar-refractivity contribution in [1.29, 1.82) is 0 Å². The molecule has 2 aromatic carbocycles. The third-order valence-corrected chi connectivity index (χ3v) is 3.64. The van der Waals surface area contributed by atoms with Crippen molar-refractivity contribution in [2.45, 2.75) is 46.3 Å². The second-order valence-electron chi connectivity index (χ2n) is 6.85. The van der Waals surface area contributed by atoms with Gasteiger partial charge in [-0.15, -0.1) is 0 Å². The molecule has 0 saturated carbocycles. The molecular weight excluding hydrogens is 356 g/mol. The molecule has 0 heterocycles. The molecule has 0 aliphatic rings. The Morgan fingerprint density at radius 3 is 2.25 bits per heavy atom. The molecule has 0 spiro atoms. The molecule has 0 fully saturated rings. The Balaban J connectivity index is 2.01. The molecule has 2 rings (SSSR count). The minimum Gasteiger partial charge on any atom is -0.497 e. The standard InChI is InChI=1S/C22H28N2O4/c1-15(2)27-20-11-8-18(21(13-20)28-16(3)4)14-23-24-22(25)12-17-6-9-19(26-5)10-7-17/h6-11,13-16H,12H2,1-5H3,(H,24,25)/b23-14-. The molecule has 0 atom stereocenters. The number of nitrogens with zero attached hydrogens (tertiary/aromatic N) is 1. The molecule has 150 valence electrons. The topological polar surface area (TPSA) is 69.2 Å². The Kier molecular flexibility index (Phi) is 7.87. The van der Waals surface area contributed by atoms with E-state index >= 15 is 0 Å². The van der Waals surface area contributed by atoms with Gasteiger partial charge < -0.3 is 14.2 Å². The molecule has 1 amide bonds. The maximum absolute atomic E-state index is 12.1. The zero-order valence-electron chi connectivity index (χ0n) is 17.1. The number of hydrogen-bond acceptors (Lipinski definition) is 5. The van der Waals surface area contributed by atoms with Gasteiger partial charge in [0.05, 0.1) is 32.0 Å². The predicted octanol–water partition coefficient (Wildman–Crippen LogP) is 3.96. The molecule has 0 radical (unpaired) electrons. The SMILES string of the molecule is COc1ccc(CC(=O)N/N=C\c2ccc(OC(C)C)cc2OC(C)C)cc1. The highest BCUT2D eigenvalue weighted by molar-refractivity contribution is 5.86. The van der Waals surface area contributed by atoms with Crippen LogP contribution in [-0.2, 0) is 11.2 Å². The van der Waals surface area contributed by atoms with E-state index < -0.39 is 0 Å². The molecule has 28 heavy (non-hydrogen) atoms. The number of hydrazone groups is 1. The first-order chi connectivity index (χ1) is 13.4. The van der Waals surface area contributed by atoms with Crippen molar-refractivity contribution in [2.75, 3.05) is 7.11 Å². The Morgan fingerprint density at radius 2 is 1.64 bits per heavy atom. The Hall–Kier alpha value is -3.02. The summed E-state index contributed by atoms with van der Waals surface area (Å²) in [7, 11) is 1.61. The number of amides is 1. The van der Waals surface area contributed by atoms with Gasteiger partial charge in [-0.3, -0.25) is 4.79 Å². The van der Waals surface area contributed by atoms with Gasteiger partial charge in [-0.05, 0) is 57.5 Å². The lowest BCUT2D eigenvalue weighted by atomic mass is 10.1. The van der Waals surface area contributed by atoms with E-state index in [-0.39, 0.29) is 24.5 Å². The number of methoxy groups -OCH3 is 1. The van der Waals surface area contributed by atoms with Crippen LogP contribution in [0.5, 0.6) is 17.2 Å². The van der Waals surface area contributed by atoms with Gasteiger partial charge in [0.2, 0.25) is 5.91 Å². The summed E-state index contributed by atoms with van der Waals surface area (Å²) < 4.78 is 16.7. The Morgan fingerprint density at radius 1 is 1.00 bits per heavy atom. The molecule has 2 aromatic rings. The molecule has 0 aromatic heterocycles. The Labute approximate surface area is 166 Å². The predicted molar refractivity (Wildman–Crippen MR) is 110 cm³/mol. The van der Waals surface area contributed by atoms with Crippen molar-refractivity contribution < 1.29 is 19.0 Å². The monoisotopic (exact) mass is 384 g/mol. The molecular formula is C22H28N2O4. The first-order valence-electron chi connectivity index (χ1n) is 9.29. The van der Waals surface area contributed by atoms with Crippen molar-refractivity contribution in [2.24, 2.45) is 5.10 Å². The van der Waals surface area contributed by atoms with Crippen LogP contribution in [0.15, 0.2) is 47.6 Å². The van der Waals surface area contributed by atoms with E-state index in [1.54, 1.807) is 13.3 Å². The second kappa shape index (κ2) is 10.3. The average molecular weight is 384 g/mol. The van der Waals surface area contributed by atoms with E-state index in [0.29, 0.717) is 5.75 Å². The second-order valence-corrected chi connectivity index (χ2v) is 6.85. The van der Waals surface area contributed by atoms with Crippen LogP contribution < -0.4 is 19.6 Å². The summed E-state index contributed by atoms with van der Waals surface area (Å²) in [4.78, 5) is 12.1. The molecule has 6 nitrogen and oxygen atoms in total. The highest BCUT2D eigenvalue weighted by Gasteiger charge is 2.08. The average Bonchev–Trinajstić information content (AvgIpc) is 2.63. The lowest BCUT2D eigenvalue weighted by Gasteiger charge is -2.15. The number of hydrogen-bond donors (Lipinski definition) is 1. The van der Waals surface area contributed by atoms with Crippen LogP contribution in [0.1, 0.15) is 38.8 Å². The fourth-order valence-electron chi connectivity index (χ4n) is 2.46. The number of benzene rings is 2. The van der Waals surface area contributed by atoms with Crippen LogP contribution >= 0.6 is 0 Å². The summed E-state index contributed by atoms with van der Waals surface area (Å²) in [6, 6.07) is 12.9. The molecule has 0 saturated heterocycles. The zero-order valence-corrected chi connectivity index (χ0v) is 17.1. The van der Waals surface area contributed by atoms with E-state index in [1.807, 2.05) is 70.2 Å². The molecule has 1 N–H and O–H groups in total.